The summed E-state index contributed by atoms with van der Waals surface area (Å²) in [5.41, 5.74) is 3.92. The Morgan fingerprint density at radius 3 is 2.69 bits per heavy atom. The van der Waals surface area contributed by atoms with Gasteiger partial charge in [-0.2, -0.15) is 0 Å². The smallest absolute Gasteiger partial charge is 0.0258 e. The molecule has 0 saturated heterocycles. The fraction of sp³-hybridized carbons (Fsp3) is 0.333. The molecule has 1 aromatic carbocycles. The van der Waals surface area contributed by atoms with Crippen molar-refractivity contribution < 1.29 is 0 Å². The Morgan fingerprint density at radius 1 is 1.31 bits per heavy atom. The maximum atomic E-state index is 5.58. The third kappa shape index (κ3) is 3.23. The van der Waals surface area contributed by atoms with Gasteiger partial charge in [0.25, 0.3) is 0 Å². The summed E-state index contributed by atoms with van der Waals surface area (Å²) in [5.74, 6) is 0.696. The second-order valence-corrected chi connectivity index (χ2v) is 3.62. The van der Waals surface area contributed by atoms with Crippen LogP contribution in [0.2, 0.25) is 0 Å². The third-order valence-corrected chi connectivity index (χ3v) is 2.22. The van der Waals surface area contributed by atoms with Gasteiger partial charge in [-0.05, 0) is 31.4 Å². The van der Waals surface area contributed by atoms with E-state index >= 15 is 0 Å². The van der Waals surface area contributed by atoms with Crippen molar-refractivity contribution in [3.8, 4) is 0 Å². The first kappa shape index (κ1) is 10.3. The van der Waals surface area contributed by atoms with Crippen LogP contribution < -0.4 is 0 Å². The van der Waals surface area contributed by atoms with Gasteiger partial charge in [0.1, 0.15) is 0 Å². The number of benzene rings is 1. The highest BCUT2D eigenvalue weighted by Crippen LogP contribution is 2.12. The second kappa shape index (κ2) is 5.08. The Kier molecular flexibility index (Phi) is 4.04. The summed E-state index contributed by atoms with van der Waals surface area (Å²) in [6, 6.07) is 6.48. The van der Waals surface area contributed by atoms with Crippen LogP contribution in [0.15, 0.2) is 24.3 Å². The molecule has 0 radical (unpaired) electrons. The lowest BCUT2D eigenvalue weighted by molar-refractivity contribution is 1.24. The van der Waals surface area contributed by atoms with Crippen molar-refractivity contribution in [1.29, 1.82) is 0 Å². The zero-order valence-electron chi connectivity index (χ0n) is 8.18. The molecule has 1 rings (SSSR count). The van der Waals surface area contributed by atoms with Crippen LogP contribution >= 0.6 is 11.6 Å². The van der Waals surface area contributed by atoms with Crippen molar-refractivity contribution in [1.82, 2.24) is 0 Å². The predicted octanol–water partition coefficient (Wildman–Crippen LogP) is 3.95. The molecule has 0 bridgehead atoms. The summed E-state index contributed by atoms with van der Waals surface area (Å²) in [5, 5.41) is 0. The van der Waals surface area contributed by atoms with E-state index in [1.807, 2.05) is 0 Å². The first-order chi connectivity index (χ1) is 6.24. The number of rotatable bonds is 3. The Morgan fingerprint density at radius 2 is 2.08 bits per heavy atom. The molecule has 0 aliphatic heterocycles. The first-order valence-electron chi connectivity index (χ1n) is 4.54. The van der Waals surface area contributed by atoms with Crippen molar-refractivity contribution in [3.05, 3.63) is 41.0 Å². The maximum Gasteiger partial charge on any atom is 0.0258 e. The average Bonchev–Trinajstić information content (AvgIpc) is 2.09. The average molecular weight is 195 g/mol. The van der Waals surface area contributed by atoms with Crippen molar-refractivity contribution in [2.24, 2.45) is 0 Å². The second-order valence-electron chi connectivity index (χ2n) is 3.24. The molecular formula is C12H15Cl. The van der Waals surface area contributed by atoms with E-state index in [1.165, 1.54) is 16.7 Å². The van der Waals surface area contributed by atoms with Gasteiger partial charge in [0.05, 0.1) is 0 Å². The summed E-state index contributed by atoms with van der Waals surface area (Å²) < 4.78 is 0. The van der Waals surface area contributed by atoms with Crippen molar-refractivity contribution >= 4 is 17.7 Å². The molecule has 0 aromatic heterocycles. The van der Waals surface area contributed by atoms with Gasteiger partial charge in [0, 0.05) is 5.88 Å². The van der Waals surface area contributed by atoms with Crippen molar-refractivity contribution in [2.45, 2.75) is 20.3 Å². The van der Waals surface area contributed by atoms with Gasteiger partial charge in [-0.15, -0.1) is 11.6 Å². The molecule has 0 amide bonds. The number of halogens is 1. The van der Waals surface area contributed by atoms with E-state index in [9.17, 15) is 0 Å². The minimum atomic E-state index is 0.696. The quantitative estimate of drug-likeness (QED) is 0.640. The summed E-state index contributed by atoms with van der Waals surface area (Å²) in [7, 11) is 0. The van der Waals surface area contributed by atoms with E-state index in [4.69, 9.17) is 11.6 Å². The third-order valence-electron chi connectivity index (χ3n) is 2.00. The molecule has 0 heterocycles. The number of hydrogen-bond acceptors (Lipinski definition) is 0. The zero-order chi connectivity index (χ0) is 9.68. The highest BCUT2D eigenvalue weighted by Gasteiger charge is 1.92. The van der Waals surface area contributed by atoms with E-state index in [-0.39, 0.29) is 0 Å². The van der Waals surface area contributed by atoms with E-state index < -0.39 is 0 Å². The Hall–Kier alpha value is -0.750. The molecule has 1 heteroatoms. The van der Waals surface area contributed by atoms with Gasteiger partial charge in [0.15, 0.2) is 0 Å². The molecule has 70 valence electrons. The molecule has 0 unspecified atom stereocenters. The van der Waals surface area contributed by atoms with Gasteiger partial charge in [-0.3, -0.25) is 0 Å². The monoisotopic (exact) mass is 194 g/mol. The van der Waals surface area contributed by atoms with Crippen LogP contribution in [-0.4, -0.2) is 5.88 Å². The van der Waals surface area contributed by atoms with Crippen LogP contribution in [0.3, 0.4) is 0 Å². The van der Waals surface area contributed by atoms with Gasteiger partial charge < -0.3 is 0 Å². The van der Waals surface area contributed by atoms with Crippen LogP contribution in [0.25, 0.3) is 6.08 Å². The molecule has 0 nitrogen and oxygen atoms in total. The lowest BCUT2D eigenvalue weighted by atomic mass is 10.1. The Bertz CT molecular complexity index is 300. The van der Waals surface area contributed by atoms with Gasteiger partial charge in [-0.25, -0.2) is 0 Å². The standard InChI is InChI=1S/C12H15Cl/c1-10-6-7-12(11(2)9-10)5-3-4-8-13/h3,5-7,9H,4,8H2,1-2H3. The summed E-state index contributed by atoms with van der Waals surface area (Å²) >= 11 is 5.58. The van der Waals surface area contributed by atoms with E-state index in [0.717, 1.165) is 6.42 Å². The number of allylic oxidation sites excluding steroid dienone is 1. The van der Waals surface area contributed by atoms with Gasteiger partial charge in [0.2, 0.25) is 0 Å². The van der Waals surface area contributed by atoms with Crippen LogP contribution in [0, 0.1) is 13.8 Å². The van der Waals surface area contributed by atoms with Crippen LogP contribution in [0.5, 0.6) is 0 Å². The summed E-state index contributed by atoms with van der Waals surface area (Å²) in [4.78, 5) is 0. The van der Waals surface area contributed by atoms with Gasteiger partial charge in [-0.1, -0.05) is 35.9 Å². The highest BCUT2D eigenvalue weighted by molar-refractivity contribution is 6.17. The van der Waals surface area contributed by atoms with Crippen LogP contribution in [0.4, 0.5) is 0 Å². The lowest BCUT2D eigenvalue weighted by Gasteiger charge is -2.00. The molecule has 0 saturated carbocycles. The number of hydrogen-bond donors (Lipinski definition) is 0. The Balaban J connectivity index is 2.77. The molecule has 13 heavy (non-hydrogen) atoms. The van der Waals surface area contributed by atoms with Gasteiger partial charge >= 0.3 is 0 Å². The molecular weight excluding hydrogens is 180 g/mol. The molecule has 0 spiro atoms. The largest absolute Gasteiger partial charge is 0.126 e. The van der Waals surface area contributed by atoms with Crippen LogP contribution in [-0.2, 0) is 0 Å². The van der Waals surface area contributed by atoms with Crippen molar-refractivity contribution in [3.63, 3.8) is 0 Å². The predicted molar refractivity (Wildman–Crippen MR) is 60.3 cm³/mol. The molecule has 0 aliphatic carbocycles. The fourth-order valence-corrected chi connectivity index (χ4v) is 1.41. The molecule has 0 atom stereocenters. The molecule has 0 N–H and O–H groups in total. The highest BCUT2D eigenvalue weighted by atomic mass is 35.5. The SMILES string of the molecule is Cc1ccc(C=CCCCl)c(C)c1. The summed E-state index contributed by atoms with van der Waals surface area (Å²) in [6.45, 7) is 4.24. The fourth-order valence-electron chi connectivity index (χ4n) is 1.29. The first-order valence-corrected chi connectivity index (χ1v) is 5.07. The number of aryl methyl sites for hydroxylation is 2. The van der Waals surface area contributed by atoms with E-state index in [0.29, 0.717) is 5.88 Å². The molecule has 0 aliphatic rings. The van der Waals surface area contributed by atoms with E-state index in [1.54, 1.807) is 0 Å². The normalized spacial score (nSPS) is 11.0. The Labute approximate surface area is 85.2 Å². The minimum absolute atomic E-state index is 0.696. The maximum absolute atomic E-state index is 5.58. The molecule has 1 aromatic rings. The van der Waals surface area contributed by atoms with Crippen molar-refractivity contribution in [2.75, 3.05) is 5.88 Å². The zero-order valence-corrected chi connectivity index (χ0v) is 8.93. The number of alkyl halides is 1. The van der Waals surface area contributed by atoms with Crippen LogP contribution in [0.1, 0.15) is 23.1 Å². The summed E-state index contributed by atoms with van der Waals surface area (Å²) in [6.07, 6.45) is 5.19. The minimum Gasteiger partial charge on any atom is -0.126 e. The lowest BCUT2D eigenvalue weighted by Crippen LogP contribution is -1.81. The topological polar surface area (TPSA) is 0 Å². The molecule has 0 fully saturated rings. The van der Waals surface area contributed by atoms with E-state index in [2.05, 4.69) is 44.2 Å².